The number of hydrogen-bond donors (Lipinski definition) is 0. The Morgan fingerprint density at radius 1 is 1.06 bits per heavy atom. The molecule has 0 atom stereocenters. The van der Waals surface area contributed by atoms with Gasteiger partial charge in [0.05, 0.1) is 0 Å². The highest BCUT2D eigenvalue weighted by atomic mass is 16.5. The van der Waals surface area contributed by atoms with Crippen molar-refractivity contribution in [3.8, 4) is 5.88 Å². The topological polar surface area (TPSA) is 58.6 Å². The summed E-state index contributed by atoms with van der Waals surface area (Å²) in [4.78, 5) is 26.4. The second-order valence-electron chi connectivity index (χ2n) is 10.1. The van der Waals surface area contributed by atoms with Gasteiger partial charge >= 0.3 is 0 Å². The van der Waals surface area contributed by atoms with Gasteiger partial charge in [-0.1, -0.05) is 12.1 Å². The van der Waals surface area contributed by atoms with E-state index in [0.717, 1.165) is 70.6 Å². The number of fused-ring (bicyclic) bond motifs is 1. The maximum atomic E-state index is 12.7. The Labute approximate surface area is 191 Å². The monoisotopic (exact) mass is 434 g/mol. The van der Waals surface area contributed by atoms with Gasteiger partial charge in [-0.2, -0.15) is 0 Å². The number of carbonyl (C=O) groups is 1. The lowest BCUT2D eigenvalue weighted by molar-refractivity contribution is 0.0587. The fourth-order valence-electron chi connectivity index (χ4n) is 5.58. The molecule has 0 bridgehead atoms. The summed E-state index contributed by atoms with van der Waals surface area (Å²) in [7, 11) is 0. The molecular formula is C26H34N4O2. The van der Waals surface area contributed by atoms with Gasteiger partial charge in [-0.15, -0.1) is 0 Å². The summed E-state index contributed by atoms with van der Waals surface area (Å²) < 4.78 is 6.28. The zero-order chi connectivity index (χ0) is 22.1. The fourth-order valence-corrected chi connectivity index (χ4v) is 5.58. The van der Waals surface area contributed by atoms with Crippen LogP contribution in [0.5, 0.6) is 5.88 Å². The molecule has 5 rings (SSSR count). The van der Waals surface area contributed by atoms with Crippen molar-refractivity contribution in [2.24, 2.45) is 5.41 Å². The van der Waals surface area contributed by atoms with Crippen LogP contribution in [0.4, 0.5) is 0 Å². The molecule has 2 aromatic rings. The molecule has 0 saturated carbocycles. The van der Waals surface area contributed by atoms with Crippen molar-refractivity contribution in [2.75, 3.05) is 26.2 Å². The highest BCUT2D eigenvalue weighted by molar-refractivity contribution is 5.92. The predicted molar refractivity (Wildman–Crippen MR) is 124 cm³/mol. The Bertz CT molecular complexity index is 946. The van der Waals surface area contributed by atoms with Crippen molar-refractivity contribution in [3.05, 3.63) is 53.5 Å². The van der Waals surface area contributed by atoms with E-state index < -0.39 is 0 Å². The molecule has 0 unspecified atom stereocenters. The van der Waals surface area contributed by atoms with Gasteiger partial charge in [-0.05, 0) is 75.5 Å². The quantitative estimate of drug-likeness (QED) is 0.734. The molecule has 1 spiro atoms. The van der Waals surface area contributed by atoms with E-state index in [0.29, 0.717) is 11.7 Å². The van der Waals surface area contributed by atoms with Crippen LogP contribution < -0.4 is 4.74 Å². The SMILES string of the molecule is CC(C)N1CCC(Oc2ccc3c(n2)CC2(CCN(C(=O)c4ccccn4)CC2)C3)CC1. The first-order valence-electron chi connectivity index (χ1n) is 12.1. The van der Waals surface area contributed by atoms with Crippen molar-refractivity contribution in [2.45, 2.75) is 64.5 Å². The third-order valence-corrected chi connectivity index (χ3v) is 7.64. The lowest BCUT2D eigenvalue weighted by Gasteiger charge is -2.39. The number of likely N-dealkylation sites (tertiary alicyclic amines) is 2. The number of rotatable bonds is 4. The smallest absolute Gasteiger partial charge is 0.272 e. The van der Waals surface area contributed by atoms with Crippen molar-refractivity contribution in [1.29, 1.82) is 0 Å². The zero-order valence-electron chi connectivity index (χ0n) is 19.3. The summed E-state index contributed by atoms with van der Waals surface area (Å²) in [5, 5.41) is 0. The van der Waals surface area contributed by atoms with E-state index in [9.17, 15) is 4.79 Å². The standard InChI is InChI=1S/C26H34N4O2/c1-19(2)29-13-8-21(9-14-29)32-24-7-6-20-17-26(18-23(20)28-24)10-15-30(16-11-26)25(31)22-5-3-4-12-27-22/h3-7,12,19,21H,8-11,13-18H2,1-2H3. The van der Waals surface area contributed by atoms with Gasteiger partial charge in [0.25, 0.3) is 5.91 Å². The second kappa shape index (κ2) is 8.81. The van der Waals surface area contributed by atoms with E-state index in [-0.39, 0.29) is 17.4 Å². The Hall–Kier alpha value is -2.47. The Balaban J connectivity index is 1.18. The molecule has 2 aliphatic heterocycles. The van der Waals surface area contributed by atoms with Crippen LogP contribution in [0.25, 0.3) is 0 Å². The molecular weight excluding hydrogens is 400 g/mol. The van der Waals surface area contributed by atoms with Crippen molar-refractivity contribution >= 4 is 5.91 Å². The van der Waals surface area contributed by atoms with Crippen LogP contribution in [0.2, 0.25) is 0 Å². The van der Waals surface area contributed by atoms with E-state index in [1.807, 2.05) is 17.0 Å². The van der Waals surface area contributed by atoms with Crippen LogP contribution in [0, 0.1) is 5.41 Å². The van der Waals surface area contributed by atoms with E-state index in [1.54, 1.807) is 12.3 Å². The van der Waals surface area contributed by atoms with Crippen LogP contribution >= 0.6 is 0 Å². The molecule has 0 N–H and O–H groups in total. The summed E-state index contributed by atoms with van der Waals surface area (Å²) in [5.41, 5.74) is 3.33. The van der Waals surface area contributed by atoms with Gasteiger partial charge in [-0.3, -0.25) is 9.78 Å². The Kier molecular flexibility index (Phi) is 5.89. The summed E-state index contributed by atoms with van der Waals surface area (Å²) in [6, 6.07) is 10.4. The number of pyridine rings is 2. The third kappa shape index (κ3) is 4.38. The van der Waals surface area contributed by atoms with Crippen molar-refractivity contribution in [3.63, 3.8) is 0 Å². The van der Waals surface area contributed by atoms with Gasteiger partial charge in [-0.25, -0.2) is 4.98 Å². The van der Waals surface area contributed by atoms with E-state index in [1.165, 1.54) is 11.3 Å². The average Bonchev–Trinajstić information content (AvgIpc) is 3.17. The highest BCUT2D eigenvalue weighted by Gasteiger charge is 2.41. The van der Waals surface area contributed by atoms with Crippen LogP contribution in [0.1, 0.15) is 61.3 Å². The molecule has 32 heavy (non-hydrogen) atoms. The number of aromatic nitrogens is 2. The zero-order valence-corrected chi connectivity index (χ0v) is 19.3. The summed E-state index contributed by atoms with van der Waals surface area (Å²) in [6.07, 6.45) is 8.20. The lowest BCUT2D eigenvalue weighted by Crippen LogP contribution is -2.43. The molecule has 2 fully saturated rings. The van der Waals surface area contributed by atoms with Crippen molar-refractivity contribution < 1.29 is 9.53 Å². The first-order valence-corrected chi connectivity index (χ1v) is 12.1. The van der Waals surface area contributed by atoms with Crippen LogP contribution in [0.3, 0.4) is 0 Å². The minimum absolute atomic E-state index is 0.0493. The van der Waals surface area contributed by atoms with Crippen LogP contribution in [-0.4, -0.2) is 64.0 Å². The van der Waals surface area contributed by atoms with Gasteiger partial charge in [0.1, 0.15) is 11.8 Å². The first-order chi connectivity index (χ1) is 15.5. The largest absolute Gasteiger partial charge is 0.474 e. The summed E-state index contributed by atoms with van der Waals surface area (Å²) in [5.74, 6) is 0.833. The average molecular weight is 435 g/mol. The fraction of sp³-hybridized carbons (Fsp3) is 0.577. The Morgan fingerprint density at radius 3 is 2.53 bits per heavy atom. The van der Waals surface area contributed by atoms with Gasteiger partial charge < -0.3 is 14.5 Å². The normalized spacial score (nSPS) is 21.2. The number of hydrogen-bond acceptors (Lipinski definition) is 5. The maximum Gasteiger partial charge on any atom is 0.272 e. The first kappa shape index (κ1) is 21.4. The van der Waals surface area contributed by atoms with Gasteiger partial charge in [0.15, 0.2) is 0 Å². The van der Waals surface area contributed by atoms with Crippen molar-refractivity contribution in [1.82, 2.24) is 19.8 Å². The second-order valence-corrected chi connectivity index (χ2v) is 10.1. The molecule has 2 aromatic heterocycles. The molecule has 1 amide bonds. The number of piperidine rings is 2. The predicted octanol–water partition coefficient (Wildman–Crippen LogP) is 3.75. The van der Waals surface area contributed by atoms with E-state index in [2.05, 4.69) is 35.9 Å². The van der Waals surface area contributed by atoms with Gasteiger partial charge in [0, 0.05) is 50.2 Å². The lowest BCUT2D eigenvalue weighted by atomic mass is 9.76. The minimum atomic E-state index is 0.0493. The number of carbonyl (C=O) groups excluding carboxylic acids is 1. The molecule has 1 aliphatic carbocycles. The maximum absolute atomic E-state index is 12.7. The van der Waals surface area contributed by atoms with Crippen LogP contribution in [0.15, 0.2) is 36.5 Å². The minimum Gasteiger partial charge on any atom is -0.474 e. The molecule has 3 aliphatic rings. The molecule has 6 heteroatoms. The molecule has 0 radical (unpaired) electrons. The molecule has 0 aromatic carbocycles. The summed E-state index contributed by atoms with van der Waals surface area (Å²) >= 11 is 0. The number of nitrogens with zero attached hydrogens (tertiary/aromatic N) is 4. The molecule has 170 valence electrons. The third-order valence-electron chi connectivity index (χ3n) is 7.64. The van der Waals surface area contributed by atoms with E-state index in [4.69, 9.17) is 9.72 Å². The Morgan fingerprint density at radius 2 is 1.84 bits per heavy atom. The highest BCUT2D eigenvalue weighted by Crippen LogP contribution is 2.44. The molecule has 4 heterocycles. The number of ether oxygens (including phenoxy) is 1. The molecule has 6 nitrogen and oxygen atoms in total. The van der Waals surface area contributed by atoms with E-state index >= 15 is 0 Å². The van der Waals surface area contributed by atoms with Crippen LogP contribution in [-0.2, 0) is 12.8 Å². The number of amides is 1. The summed E-state index contributed by atoms with van der Waals surface area (Å²) in [6.45, 7) is 8.31. The van der Waals surface area contributed by atoms with Gasteiger partial charge in [0.2, 0.25) is 5.88 Å². The molecule has 2 saturated heterocycles.